The number of nitrogens with zero attached hydrogens (tertiary/aromatic N) is 2. The number of nitriles is 1. The maximum atomic E-state index is 12.9. The van der Waals surface area contributed by atoms with Gasteiger partial charge in [-0.15, -0.1) is 11.3 Å². The number of hydrogen-bond acceptors (Lipinski definition) is 6. The number of carbonyl (C=O) groups excluding carboxylic acids is 1. The van der Waals surface area contributed by atoms with Crippen molar-refractivity contribution in [3.8, 4) is 17.6 Å². The molecule has 1 atom stereocenters. The van der Waals surface area contributed by atoms with Crippen LogP contribution in [0.1, 0.15) is 27.6 Å². The Balaban J connectivity index is 1.64. The quantitative estimate of drug-likeness (QED) is 0.630. The van der Waals surface area contributed by atoms with E-state index in [9.17, 15) is 10.1 Å². The van der Waals surface area contributed by atoms with Crippen molar-refractivity contribution in [2.24, 2.45) is 0 Å². The van der Waals surface area contributed by atoms with Crippen LogP contribution in [-0.4, -0.2) is 38.1 Å². The SMILES string of the molecule is COc1cc2c(cc1OC)C(c1cccs1)N(CC(=O)Nc1ccccc1C#N)CC2. The Hall–Kier alpha value is -3.34. The zero-order valence-corrected chi connectivity index (χ0v) is 18.2. The van der Waals surface area contributed by atoms with Gasteiger partial charge in [-0.25, -0.2) is 0 Å². The van der Waals surface area contributed by atoms with Crippen molar-refractivity contribution in [3.05, 3.63) is 75.5 Å². The predicted molar refractivity (Wildman–Crippen MR) is 121 cm³/mol. The summed E-state index contributed by atoms with van der Waals surface area (Å²) in [6.45, 7) is 0.953. The summed E-state index contributed by atoms with van der Waals surface area (Å²) in [6, 6.07) is 17.3. The van der Waals surface area contributed by atoms with Crippen LogP contribution >= 0.6 is 11.3 Å². The van der Waals surface area contributed by atoms with Crippen molar-refractivity contribution < 1.29 is 14.3 Å². The molecule has 158 valence electrons. The van der Waals surface area contributed by atoms with Crippen molar-refractivity contribution in [1.82, 2.24) is 4.90 Å². The third-order valence-electron chi connectivity index (χ3n) is 5.45. The summed E-state index contributed by atoms with van der Waals surface area (Å²) in [4.78, 5) is 16.2. The van der Waals surface area contributed by atoms with Gasteiger partial charge in [-0.1, -0.05) is 18.2 Å². The van der Waals surface area contributed by atoms with E-state index in [1.807, 2.05) is 29.6 Å². The Bertz CT molecular complexity index is 1120. The smallest absolute Gasteiger partial charge is 0.238 e. The summed E-state index contributed by atoms with van der Waals surface area (Å²) in [7, 11) is 3.27. The van der Waals surface area contributed by atoms with E-state index in [-0.39, 0.29) is 18.5 Å². The first-order valence-electron chi connectivity index (χ1n) is 9.95. The topological polar surface area (TPSA) is 74.6 Å². The molecule has 1 N–H and O–H groups in total. The van der Waals surface area contributed by atoms with Gasteiger partial charge in [0.25, 0.3) is 0 Å². The fourth-order valence-corrected chi connectivity index (χ4v) is 4.89. The van der Waals surface area contributed by atoms with Gasteiger partial charge in [-0.3, -0.25) is 9.69 Å². The van der Waals surface area contributed by atoms with E-state index in [1.165, 1.54) is 10.4 Å². The van der Waals surface area contributed by atoms with Gasteiger partial charge >= 0.3 is 0 Å². The van der Waals surface area contributed by atoms with Crippen molar-refractivity contribution in [2.45, 2.75) is 12.5 Å². The Labute approximate surface area is 185 Å². The van der Waals surface area contributed by atoms with Gasteiger partial charge in [-0.2, -0.15) is 5.26 Å². The van der Waals surface area contributed by atoms with Crippen LogP contribution in [-0.2, 0) is 11.2 Å². The number of rotatable bonds is 6. The highest BCUT2D eigenvalue weighted by Gasteiger charge is 2.32. The molecule has 2 heterocycles. The van der Waals surface area contributed by atoms with Gasteiger partial charge < -0.3 is 14.8 Å². The lowest BCUT2D eigenvalue weighted by Crippen LogP contribution is -2.41. The molecule has 0 saturated heterocycles. The molecule has 0 saturated carbocycles. The molecule has 3 aromatic rings. The van der Waals surface area contributed by atoms with Crippen LogP contribution in [0.2, 0.25) is 0 Å². The van der Waals surface area contributed by atoms with E-state index in [2.05, 4.69) is 22.4 Å². The zero-order valence-electron chi connectivity index (χ0n) is 17.4. The van der Waals surface area contributed by atoms with E-state index in [1.54, 1.807) is 43.8 Å². The summed E-state index contributed by atoms with van der Waals surface area (Å²) in [6.07, 6.45) is 0.805. The lowest BCUT2D eigenvalue weighted by molar-refractivity contribution is -0.117. The van der Waals surface area contributed by atoms with E-state index in [4.69, 9.17) is 9.47 Å². The third kappa shape index (κ3) is 4.26. The van der Waals surface area contributed by atoms with Crippen LogP contribution in [0.25, 0.3) is 0 Å². The number of ether oxygens (including phenoxy) is 2. The van der Waals surface area contributed by atoms with Crippen molar-refractivity contribution >= 4 is 22.9 Å². The standard InChI is InChI=1S/C24H23N3O3S/c1-29-20-12-16-9-10-27(15-23(28)26-19-7-4-3-6-17(19)14-25)24(22-8-5-11-31-22)18(16)13-21(20)30-2/h3-8,11-13,24H,9-10,15H2,1-2H3,(H,26,28). The van der Waals surface area contributed by atoms with Gasteiger partial charge in [-0.05, 0) is 53.3 Å². The minimum Gasteiger partial charge on any atom is -0.493 e. The highest BCUT2D eigenvalue weighted by Crippen LogP contribution is 2.42. The first-order chi connectivity index (χ1) is 15.1. The fourth-order valence-electron chi connectivity index (χ4n) is 4.01. The molecule has 0 fully saturated rings. The number of methoxy groups -OCH3 is 2. The molecular weight excluding hydrogens is 410 g/mol. The van der Waals surface area contributed by atoms with E-state index >= 15 is 0 Å². The summed E-state index contributed by atoms with van der Waals surface area (Å²) in [5.41, 5.74) is 3.30. The second-order valence-electron chi connectivity index (χ2n) is 7.25. The lowest BCUT2D eigenvalue weighted by Gasteiger charge is -2.37. The fraction of sp³-hybridized carbons (Fsp3) is 0.250. The molecule has 1 amide bonds. The number of amides is 1. The minimum absolute atomic E-state index is 0.0551. The molecule has 4 rings (SSSR count). The maximum Gasteiger partial charge on any atom is 0.238 e. The first kappa shape index (κ1) is 20.9. The van der Waals surface area contributed by atoms with Crippen molar-refractivity contribution in [2.75, 3.05) is 32.6 Å². The second kappa shape index (κ2) is 9.21. The average Bonchev–Trinajstić information content (AvgIpc) is 3.32. The van der Waals surface area contributed by atoms with Crippen molar-refractivity contribution in [1.29, 1.82) is 5.26 Å². The molecule has 7 heteroatoms. The van der Waals surface area contributed by atoms with Crippen LogP contribution in [0.3, 0.4) is 0 Å². The molecule has 0 spiro atoms. The van der Waals surface area contributed by atoms with Crippen LogP contribution < -0.4 is 14.8 Å². The number of benzene rings is 2. The molecule has 1 aromatic heterocycles. The molecule has 0 aliphatic carbocycles. The molecule has 0 bridgehead atoms. The van der Waals surface area contributed by atoms with Gasteiger partial charge in [0.1, 0.15) is 6.07 Å². The normalized spacial score (nSPS) is 15.6. The Morgan fingerprint density at radius 2 is 1.97 bits per heavy atom. The van der Waals surface area contributed by atoms with Crippen LogP contribution in [0.4, 0.5) is 5.69 Å². The van der Waals surface area contributed by atoms with E-state index in [0.717, 1.165) is 18.5 Å². The molecule has 1 aliphatic rings. The zero-order chi connectivity index (χ0) is 21.8. The summed E-state index contributed by atoms with van der Waals surface area (Å²) < 4.78 is 11.0. The molecule has 1 unspecified atom stereocenters. The molecule has 2 aromatic carbocycles. The van der Waals surface area contributed by atoms with E-state index < -0.39 is 0 Å². The Morgan fingerprint density at radius 3 is 2.68 bits per heavy atom. The largest absolute Gasteiger partial charge is 0.493 e. The minimum atomic E-state index is -0.145. The van der Waals surface area contributed by atoms with Gasteiger partial charge in [0.05, 0.1) is 38.1 Å². The number of anilines is 1. The molecular formula is C24H23N3O3S. The van der Waals surface area contributed by atoms with Crippen molar-refractivity contribution in [3.63, 3.8) is 0 Å². The van der Waals surface area contributed by atoms with E-state index in [0.29, 0.717) is 22.7 Å². The monoisotopic (exact) mass is 433 g/mol. The number of hydrogen-bond donors (Lipinski definition) is 1. The van der Waals surface area contributed by atoms with Crippen LogP contribution in [0.15, 0.2) is 53.9 Å². The summed E-state index contributed by atoms with van der Waals surface area (Å²) in [5.74, 6) is 1.25. The number of para-hydroxylation sites is 1. The molecule has 31 heavy (non-hydrogen) atoms. The molecule has 0 radical (unpaired) electrons. The highest BCUT2D eigenvalue weighted by molar-refractivity contribution is 7.10. The third-order valence-corrected chi connectivity index (χ3v) is 6.38. The number of nitrogens with one attached hydrogen (secondary N) is 1. The average molecular weight is 434 g/mol. The molecule has 6 nitrogen and oxygen atoms in total. The number of fused-ring (bicyclic) bond motifs is 1. The van der Waals surface area contributed by atoms with Gasteiger partial charge in [0.15, 0.2) is 11.5 Å². The van der Waals surface area contributed by atoms with Gasteiger partial charge in [0.2, 0.25) is 5.91 Å². The van der Waals surface area contributed by atoms with Crippen LogP contribution in [0.5, 0.6) is 11.5 Å². The van der Waals surface area contributed by atoms with Crippen LogP contribution in [0, 0.1) is 11.3 Å². The highest BCUT2D eigenvalue weighted by atomic mass is 32.1. The Morgan fingerprint density at radius 1 is 1.19 bits per heavy atom. The number of carbonyl (C=O) groups is 1. The molecule has 1 aliphatic heterocycles. The number of thiophene rings is 1. The maximum absolute atomic E-state index is 12.9. The predicted octanol–water partition coefficient (Wildman–Crippen LogP) is 4.22. The summed E-state index contributed by atoms with van der Waals surface area (Å²) in [5, 5.41) is 14.2. The second-order valence-corrected chi connectivity index (χ2v) is 8.23. The lowest BCUT2D eigenvalue weighted by atomic mass is 9.91. The Kier molecular flexibility index (Phi) is 6.21. The first-order valence-corrected chi connectivity index (χ1v) is 10.8. The summed E-state index contributed by atoms with van der Waals surface area (Å²) >= 11 is 1.67. The van der Waals surface area contributed by atoms with Gasteiger partial charge in [0, 0.05) is 11.4 Å².